The second-order valence-electron chi connectivity index (χ2n) is 4.17. The number of hydrogen-bond acceptors (Lipinski definition) is 4. The predicted octanol–water partition coefficient (Wildman–Crippen LogP) is 0.298. The van der Waals surface area contributed by atoms with Crippen LogP contribution in [0.3, 0.4) is 0 Å². The fourth-order valence-electron chi connectivity index (χ4n) is 1.76. The third-order valence-corrected chi connectivity index (χ3v) is 2.67. The zero-order valence-electron chi connectivity index (χ0n) is 10.7. The number of carbonyl (C=O) groups is 1. The normalized spacial score (nSPS) is 19.5. The Hall–Kier alpha value is -0.650. The molecule has 1 aliphatic heterocycles. The molecule has 5 heteroatoms. The summed E-state index contributed by atoms with van der Waals surface area (Å²) in [4.78, 5) is 11.4. The van der Waals surface area contributed by atoms with Gasteiger partial charge in [-0.1, -0.05) is 0 Å². The second kappa shape index (κ2) is 9.39. The van der Waals surface area contributed by atoms with Gasteiger partial charge in [0.05, 0.1) is 12.6 Å². The summed E-state index contributed by atoms with van der Waals surface area (Å²) >= 11 is 0. The summed E-state index contributed by atoms with van der Waals surface area (Å²) in [6.07, 6.45) is 3.39. The molecule has 2 N–H and O–H groups in total. The molecule has 1 amide bonds. The molecule has 1 heterocycles. The van der Waals surface area contributed by atoms with E-state index in [9.17, 15) is 4.79 Å². The van der Waals surface area contributed by atoms with Crippen LogP contribution in [0, 0.1) is 0 Å². The fourth-order valence-corrected chi connectivity index (χ4v) is 1.76. The third kappa shape index (κ3) is 7.31. The number of amides is 1. The minimum atomic E-state index is 0.0412. The molecule has 0 aromatic carbocycles. The smallest absolute Gasteiger partial charge is 0.233 e. The van der Waals surface area contributed by atoms with Gasteiger partial charge in [-0.05, 0) is 26.2 Å². The van der Waals surface area contributed by atoms with Gasteiger partial charge in [0.15, 0.2) is 0 Å². The summed E-state index contributed by atoms with van der Waals surface area (Å²) in [5.41, 5.74) is 0. The van der Waals surface area contributed by atoms with Gasteiger partial charge in [-0.25, -0.2) is 0 Å². The highest BCUT2D eigenvalue weighted by molar-refractivity contribution is 5.77. The standard InChI is InChI=1S/C12H24N2O3/c1-2-16-7-4-6-14-12(15)10-13-9-11-5-3-8-17-11/h11,13H,2-10H2,1H3,(H,14,15)/t11-/m1/s1. The number of carbonyl (C=O) groups excluding carboxylic acids is 1. The summed E-state index contributed by atoms with van der Waals surface area (Å²) in [5, 5.41) is 5.96. The number of nitrogens with one attached hydrogen (secondary N) is 2. The van der Waals surface area contributed by atoms with Gasteiger partial charge in [0.25, 0.3) is 0 Å². The van der Waals surface area contributed by atoms with Crippen LogP contribution in [0.5, 0.6) is 0 Å². The van der Waals surface area contributed by atoms with Gasteiger partial charge in [0, 0.05) is 32.9 Å². The van der Waals surface area contributed by atoms with E-state index >= 15 is 0 Å². The lowest BCUT2D eigenvalue weighted by molar-refractivity contribution is -0.120. The van der Waals surface area contributed by atoms with Gasteiger partial charge in [-0.3, -0.25) is 4.79 Å². The quantitative estimate of drug-likeness (QED) is 0.573. The summed E-state index contributed by atoms with van der Waals surface area (Å²) in [5.74, 6) is 0.0412. The largest absolute Gasteiger partial charge is 0.382 e. The molecule has 0 spiro atoms. The maximum Gasteiger partial charge on any atom is 0.233 e. The van der Waals surface area contributed by atoms with Crippen molar-refractivity contribution in [3.8, 4) is 0 Å². The van der Waals surface area contributed by atoms with Crippen molar-refractivity contribution in [2.24, 2.45) is 0 Å². The van der Waals surface area contributed by atoms with E-state index in [2.05, 4.69) is 10.6 Å². The summed E-state index contributed by atoms with van der Waals surface area (Å²) in [7, 11) is 0. The molecular formula is C12H24N2O3. The Morgan fingerprint density at radius 2 is 2.41 bits per heavy atom. The lowest BCUT2D eigenvalue weighted by atomic mass is 10.2. The average molecular weight is 244 g/mol. The number of rotatable bonds is 9. The molecule has 100 valence electrons. The maximum atomic E-state index is 11.4. The van der Waals surface area contributed by atoms with E-state index in [0.717, 1.165) is 39.0 Å². The molecule has 0 aliphatic carbocycles. The van der Waals surface area contributed by atoms with E-state index in [1.807, 2.05) is 6.92 Å². The monoisotopic (exact) mass is 244 g/mol. The Kier molecular flexibility index (Phi) is 7.96. The van der Waals surface area contributed by atoms with Gasteiger partial charge in [0.1, 0.15) is 0 Å². The van der Waals surface area contributed by atoms with E-state index in [1.54, 1.807) is 0 Å². The number of hydrogen-bond donors (Lipinski definition) is 2. The molecule has 0 bridgehead atoms. The molecule has 1 saturated heterocycles. The van der Waals surface area contributed by atoms with E-state index in [0.29, 0.717) is 25.8 Å². The summed E-state index contributed by atoms with van der Waals surface area (Å²) in [6.45, 7) is 6.09. The molecule has 0 aromatic rings. The Bertz CT molecular complexity index is 206. The van der Waals surface area contributed by atoms with Crippen LogP contribution in [0.1, 0.15) is 26.2 Å². The molecule has 0 unspecified atom stereocenters. The second-order valence-corrected chi connectivity index (χ2v) is 4.17. The predicted molar refractivity (Wildman–Crippen MR) is 66.0 cm³/mol. The van der Waals surface area contributed by atoms with Crippen molar-refractivity contribution in [2.75, 3.05) is 39.5 Å². The molecule has 1 fully saturated rings. The van der Waals surface area contributed by atoms with E-state index in [1.165, 1.54) is 0 Å². The van der Waals surface area contributed by atoms with E-state index < -0.39 is 0 Å². The fraction of sp³-hybridized carbons (Fsp3) is 0.917. The van der Waals surface area contributed by atoms with Crippen molar-refractivity contribution in [3.05, 3.63) is 0 Å². The van der Waals surface area contributed by atoms with Gasteiger partial charge in [-0.15, -0.1) is 0 Å². The van der Waals surface area contributed by atoms with Crippen molar-refractivity contribution in [1.29, 1.82) is 0 Å². The average Bonchev–Trinajstić information content (AvgIpc) is 2.82. The Morgan fingerprint density at radius 3 is 3.12 bits per heavy atom. The Morgan fingerprint density at radius 1 is 1.53 bits per heavy atom. The zero-order chi connectivity index (χ0) is 12.3. The topological polar surface area (TPSA) is 59.6 Å². The van der Waals surface area contributed by atoms with Crippen molar-refractivity contribution >= 4 is 5.91 Å². The van der Waals surface area contributed by atoms with Crippen LogP contribution in [0.15, 0.2) is 0 Å². The van der Waals surface area contributed by atoms with Crippen LogP contribution in [-0.4, -0.2) is 51.5 Å². The van der Waals surface area contributed by atoms with Crippen LogP contribution in [-0.2, 0) is 14.3 Å². The van der Waals surface area contributed by atoms with Crippen LogP contribution in [0.25, 0.3) is 0 Å². The first-order valence-corrected chi connectivity index (χ1v) is 6.49. The Labute approximate surface area is 103 Å². The van der Waals surface area contributed by atoms with E-state index in [-0.39, 0.29) is 5.91 Å². The van der Waals surface area contributed by atoms with E-state index in [4.69, 9.17) is 9.47 Å². The minimum absolute atomic E-state index is 0.0412. The van der Waals surface area contributed by atoms with Gasteiger partial charge >= 0.3 is 0 Å². The molecule has 0 aromatic heterocycles. The molecular weight excluding hydrogens is 220 g/mol. The van der Waals surface area contributed by atoms with Crippen LogP contribution in [0.2, 0.25) is 0 Å². The number of ether oxygens (including phenoxy) is 2. The molecule has 0 radical (unpaired) electrons. The van der Waals surface area contributed by atoms with Gasteiger partial charge in [-0.2, -0.15) is 0 Å². The molecule has 1 rings (SSSR count). The SMILES string of the molecule is CCOCCCNC(=O)CNC[C@H]1CCCO1. The van der Waals surface area contributed by atoms with Crippen molar-refractivity contribution in [1.82, 2.24) is 10.6 Å². The molecule has 1 aliphatic rings. The maximum absolute atomic E-state index is 11.4. The lowest BCUT2D eigenvalue weighted by Gasteiger charge is -2.10. The Balaban J connectivity index is 1.86. The summed E-state index contributed by atoms with van der Waals surface area (Å²) < 4.78 is 10.6. The molecule has 0 saturated carbocycles. The van der Waals surface area contributed by atoms with Crippen LogP contribution < -0.4 is 10.6 Å². The highest BCUT2D eigenvalue weighted by Crippen LogP contribution is 2.10. The molecule has 5 nitrogen and oxygen atoms in total. The van der Waals surface area contributed by atoms with Crippen molar-refractivity contribution < 1.29 is 14.3 Å². The highest BCUT2D eigenvalue weighted by atomic mass is 16.5. The zero-order valence-corrected chi connectivity index (χ0v) is 10.7. The first-order chi connectivity index (χ1) is 8.33. The first-order valence-electron chi connectivity index (χ1n) is 6.49. The van der Waals surface area contributed by atoms with Crippen molar-refractivity contribution in [2.45, 2.75) is 32.3 Å². The minimum Gasteiger partial charge on any atom is -0.382 e. The van der Waals surface area contributed by atoms with Gasteiger partial charge < -0.3 is 20.1 Å². The van der Waals surface area contributed by atoms with Crippen molar-refractivity contribution in [3.63, 3.8) is 0 Å². The third-order valence-electron chi connectivity index (χ3n) is 2.67. The molecule has 17 heavy (non-hydrogen) atoms. The van der Waals surface area contributed by atoms with Gasteiger partial charge in [0.2, 0.25) is 5.91 Å². The first kappa shape index (κ1) is 14.4. The van der Waals surface area contributed by atoms with Crippen LogP contribution >= 0.6 is 0 Å². The molecule has 1 atom stereocenters. The summed E-state index contributed by atoms with van der Waals surface area (Å²) in [6, 6.07) is 0. The lowest BCUT2D eigenvalue weighted by Crippen LogP contribution is -2.37. The highest BCUT2D eigenvalue weighted by Gasteiger charge is 2.14. The van der Waals surface area contributed by atoms with Crippen LogP contribution in [0.4, 0.5) is 0 Å².